The van der Waals surface area contributed by atoms with E-state index in [0.29, 0.717) is 5.78 Å². The van der Waals surface area contributed by atoms with Crippen LogP contribution < -0.4 is 0 Å². The molecule has 0 aromatic carbocycles. The van der Waals surface area contributed by atoms with Crippen LogP contribution in [0.4, 0.5) is 0 Å². The maximum absolute atomic E-state index is 12.4. The molecule has 0 radical (unpaired) electrons. The number of carbonyl (C=O) groups is 1. The highest BCUT2D eigenvalue weighted by molar-refractivity contribution is 5.87. The Hall–Kier alpha value is -0.370. The first-order chi connectivity index (χ1) is 8.10. The fourth-order valence-corrected chi connectivity index (χ4v) is 2.85. The van der Waals surface area contributed by atoms with E-state index in [9.17, 15) is 4.79 Å². The summed E-state index contributed by atoms with van der Waals surface area (Å²) in [5, 5.41) is 0. The van der Waals surface area contributed by atoms with E-state index in [1.807, 2.05) is 0 Å². The summed E-state index contributed by atoms with van der Waals surface area (Å²) in [7, 11) is 0. The maximum Gasteiger partial charge on any atom is 0.152 e. The normalized spacial score (nSPS) is 23.4. The van der Waals surface area contributed by atoms with Crippen molar-refractivity contribution >= 4 is 5.78 Å². The molecule has 2 fully saturated rings. The van der Waals surface area contributed by atoms with E-state index >= 15 is 0 Å². The van der Waals surface area contributed by atoms with E-state index in [0.717, 1.165) is 31.8 Å². The van der Waals surface area contributed by atoms with Crippen molar-refractivity contribution < 1.29 is 4.79 Å². The molecule has 1 aliphatic carbocycles. The summed E-state index contributed by atoms with van der Waals surface area (Å²) in [5.74, 6) is 1.34. The molecule has 17 heavy (non-hydrogen) atoms. The molecule has 0 unspecified atom stereocenters. The zero-order chi connectivity index (χ0) is 12.3. The van der Waals surface area contributed by atoms with Gasteiger partial charge in [0.15, 0.2) is 5.78 Å². The zero-order valence-corrected chi connectivity index (χ0v) is 11.5. The van der Waals surface area contributed by atoms with Gasteiger partial charge in [-0.3, -0.25) is 9.69 Å². The molecule has 0 aromatic rings. The van der Waals surface area contributed by atoms with Gasteiger partial charge in [-0.1, -0.05) is 25.7 Å². The highest BCUT2D eigenvalue weighted by Gasteiger charge is 2.35. The largest absolute Gasteiger partial charge is 0.298 e. The number of Topliss-reactive ketones (excluding diaryl/α,β-unsaturated/α-hetero) is 1. The van der Waals surface area contributed by atoms with Crippen LogP contribution in [0.15, 0.2) is 0 Å². The molecule has 0 N–H and O–H groups in total. The van der Waals surface area contributed by atoms with Gasteiger partial charge in [0.25, 0.3) is 0 Å². The van der Waals surface area contributed by atoms with Crippen LogP contribution in [0.2, 0.25) is 0 Å². The van der Waals surface area contributed by atoms with Crippen molar-refractivity contribution in [1.82, 2.24) is 4.90 Å². The molecule has 0 amide bonds. The summed E-state index contributed by atoms with van der Waals surface area (Å²) in [5.41, 5.74) is -0.223. The fourth-order valence-electron chi connectivity index (χ4n) is 2.85. The number of rotatable bonds is 5. The lowest BCUT2D eigenvalue weighted by molar-refractivity contribution is -0.129. The molecule has 0 bridgehead atoms. The molecule has 1 saturated heterocycles. The topological polar surface area (TPSA) is 20.3 Å². The number of nitrogens with zero attached hydrogens (tertiary/aromatic N) is 1. The number of likely N-dealkylation sites (tertiary alicyclic amines) is 1. The molecular formula is C15H27NO. The van der Waals surface area contributed by atoms with Crippen LogP contribution in [0, 0.1) is 5.92 Å². The van der Waals surface area contributed by atoms with Crippen molar-refractivity contribution in [2.45, 2.75) is 70.8 Å². The second kappa shape index (κ2) is 5.51. The predicted octanol–water partition coefficient (Wildman–Crippen LogP) is 3.40. The molecule has 1 heterocycles. The van der Waals surface area contributed by atoms with Gasteiger partial charge in [-0.05, 0) is 52.1 Å². The first kappa shape index (κ1) is 13.1. The van der Waals surface area contributed by atoms with Gasteiger partial charge >= 0.3 is 0 Å². The Bertz CT molecular complexity index is 260. The summed E-state index contributed by atoms with van der Waals surface area (Å²) >= 11 is 0. The molecule has 2 aliphatic rings. The molecule has 98 valence electrons. The van der Waals surface area contributed by atoms with Gasteiger partial charge in [-0.15, -0.1) is 0 Å². The third-order valence-electron chi connectivity index (χ3n) is 4.56. The SMILES string of the molecule is CC(C)(C(=O)CCC1CC1)N1CCCCCC1. The van der Waals surface area contributed by atoms with Gasteiger partial charge in [0.2, 0.25) is 0 Å². The summed E-state index contributed by atoms with van der Waals surface area (Å²) in [6.45, 7) is 6.49. The monoisotopic (exact) mass is 237 g/mol. The Balaban J connectivity index is 1.86. The van der Waals surface area contributed by atoms with Gasteiger partial charge < -0.3 is 0 Å². The van der Waals surface area contributed by atoms with Crippen molar-refractivity contribution in [3.63, 3.8) is 0 Å². The minimum Gasteiger partial charge on any atom is -0.298 e. The van der Waals surface area contributed by atoms with Crippen LogP contribution in [0.3, 0.4) is 0 Å². The number of carbonyl (C=O) groups excluding carboxylic acids is 1. The second-order valence-electron chi connectivity index (χ2n) is 6.37. The Morgan fingerprint density at radius 3 is 2.24 bits per heavy atom. The molecular weight excluding hydrogens is 210 g/mol. The molecule has 2 nitrogen and oxygen atoms in total. The van der Waals surface area contributed by atoms with Gasteiger partial charge in [-0.25, -0.2) is 0 Å². The second-order valence-corrected chi connectivity index (χ2v) is 6.37. The highest BCUT2D eigenvalue weighted by Crippen LogP contribution is 2.34. The smallest absolute Gasteiger partial charge is 0.152 e. The van der Waals surface area contributed by atoms with Crippen LogP contribution in [0.1, 0.15) is 65.2 Å². The van der Waals surface area contributed by atoms with Crippen LogP contribution in [0.5, 0.6) is 0 Å². The molecule has 0 aromatic heterocycles. The lowest BCUT2D eigenvalue weighted by Gasteiger charge is -2.36. The Morgan fingerprint density at radius 1 is 1.12 bits per heavy atom. The lowest BCUT2D eigenvalue weighted by Crippen LogP contribution is -2.50. The summed E-state index contributed by atoms with van der Waals surface area (Å²) in [6, 6.07) is 0. The minimum absolute atomic E-state index is 0.223. The average Bonchev–Trinajstić information content (AvgIpc) is 3.12. The van der Waals surface area contributed by atoms with E-state index in [1.165, 1.54) is 38.5 Å². The quantitative estimate of drug-likeness (QED) is 0.730. The fraction of sp³-hybridized carbons (Fsp3) is 0.933. The standard InChI is InChI=1S/C15H27NO/c1-15(2,14(17)10-9-13-7-8-13)16-11-5-3-4-6-12-16/h13H,3-12H2,1-2H3. The molecule has 2 rings (SSSR count). The van der Waals surface area contributed by atoms with E-state index in [2.05, 4.69) is 18.7 Å². The van der Waals surface area contributed by atoms with E-state index < -0.39 is 0 Å². The first-order valence-corrected chi connectivity index (χ1v) is 7.39. The minimum atomic E-state index is -0.223. The molecule has 1 aliphatic heterocycles. The van der Waals surface area contributed by atoms with Gasteiger partial charge in [0.1, 0.15) is 0 Å². The molecule has 0 spiro atoms. The average molecular weight is 237 g/mol. The first-order valence-electron chi connectivity index (χ1n) is 7.39. The zero-order valence-electron chi connectivity index (χ0n) is 11.5. The van der Waals surface area contributed by atoms with E-state index in [1.54, 1.807) is 0 Å². The van der Waals surface area contributed by atoms with Crippen LogP contribution in [-0.2, 0) is 4.79 Å². The molecule has 0 atom stereocenters. The van der Waals surface area contributed by atoms with Crippen molar-refractivity contribution in [2.24, 2.45) is 5.92 Å². The summed E-state index contributed by atoms with van der Waals surface area (Å²) in [4.78, 5) is 14.8. The van der Waals surface area contributed by atoms with Gasteiger partial charge in [0, 0.05) is 6.42 Å². The van der Waals surface area contributed by atoms with Crippen molar-refractivity contribution in [1.29, 1.82) is 0 Å². The van der Waals surface area contributed by atoms with Crippen LogP contribution in [-0.4, -0.2) is 29.3 Å². The van der Waals surface area contributed by atoms with Crippen molar-refractivity contribution in [3.8, 4) is 0 Å². The summed E-state index contributed by atoms with van der Waals surface area (Å²) in [6.07, 6.45) is 9.85. The number of hydrogen-bond donors (Lipinski definition) is 0. The third kappa shape index (κ3) is 3.54. The molecule has 2 heteroatoms. The Labute approximate surface area is 106 Å². The number of hydrogen-bond acceptors (Lipinski definition) is 2. The van der Waals surface area contributed by atoms with Gasteiger partial charge in [0.05, 0.1) is 5.54 Å². The Kier molecular flexibility index (Phi) is 4.24. The van der Waals surface area contributed by atoms with Crippen molar-refractivity contribution in [3.05, 3.63) is 0 Å². The molecule has 1 saturated carbocycles. The van der Waals surface area contributed by atoms with Gasteiger partial charge in [-0.2, -0.15) is 0 Å². The summed E-state index contributed by atoms with van der Waals surface area (Å²) < 4.78 is 0. The number of ketones is 1. The van der Waals surface area contributed by atoms with Crippen molar-refractivity contribution in [2.75, 3.05) is 13.1 Å². The highest BCUT2D eigenvalue weighted by atomic mass is 16.1. The van der Waals surface area contributed by atoms with Crippen LogP contribution >= 0.6 is 0 Å². The van der Waals surface area contributed by atoms with E-state index in [4.69, 9.17) is 0 Å². The van der Waals surface area contributed by atoms with Crippen LogP contribution in [0.25, 0.3) is 0 Å². The third-order valence-corrected chi connectivity index (χ3v) is 4.56. The predicted molar refractivity (Wildman–Crippen MR) is 71.1 cm³/mol. The Morgan fingerprint density at radius 2 is 1.71 bits per heavy atom. The maximum atomic E-state index is 12.4. The lowest BCUT2D eigenvalue weighted by atomic mass is 9.92. The van der Waals surface area contributed by atoms with E-state index in [-0.39, 0.29) is 5.54 Å².